The molecule has 0 aliphatic heterocycles. The lowest BCUT2D eigenvalue weighted by Gasteiger charge is -2.05. The van der Waals surface area contributed by atoms with Crippen molar-refractivity contribution in [1.29, 1.82) is 0 Å². The third-order valence-electron chi connectivity index (χ3n) is 8.00. The first-order valence-corrected chi connectivity index (χ1v) is 18.6. The van der Waals surface area contributed by atoms with Crippen molar-refractivity contribution in [3.05, 3.63) is 48.6 Å². The van der Waals surface area contributed by atoms with Crippen LogP contribution < -0.4 is 0 Å². The summed E-state index contributed by atoms with van der Waals surface area (Å²) in [5.41, 5.74) is 0. The Morgan fingerprint density at radius 2 is 0.786 bits per heavy atom. The van der Waals surface area contributed by atoms with Crippen LogP contribution in [0.3, 0.4) is 0 Å². The van der Waals surface area contributed by atoms with Gasteiger partial charge in [0.15, 0.2) is 0 Å². The lowest BCUT2D eigenvalue weighted by atomic mass is 10.1. The van der Waals surface area contributed by atoms with Crippen LogP contribution in [0.2, 0.25) is 0 Å². The van der Waals surface area contributed by atoms with E-state index in [1.165, 1.54) is 148 Å². The molecule has 0 rings (SSSR count). The topological polar surface area (TPSA) is 26.3 Å². The minimum atomic E-state index is 0.00163. The van der Waals surface area contributed by atoms with Crippen molar-refractivity contribution in [2.45, 2.75) is 194 Å². The average Bonchev–Trinajstić information content (AvgIpc) is 3.00. The van der Waals surface area contributed by atoms with Crippen LogP contribution in [0.25, 0.3) is 0 Å². The highest BCUT2D eigenvalue weighted by Crippen LogP contribution is 2.13. The summed E-state index contributed by atoms with van der Waals surface area (Å²) in [4.78, 5) is 11.9. The molecule has 0 saturated heterocycles. The SMILES string of the molecule is CCCCC=CC=CC=CCCCCCCCC(=O)OCCCCCCCCCCCC/C=C\CCCCCCCC. The van der Waals surface area contributed by atoms with Crippen LogP contribution in [0.4, 0.5) is 0 Å². The molecule has 244 valence electrons. The van der Waals surface area contributed by atoms with E-state index in [4.69, 9.17) is 4.74 Å². The zero-order valence-electron chi connectivity index (χ0n) is 28.4. The second-order valence-electron chi connectivity index (χ2n) is 12.3. The highest BCUT2D eigenvalue weighted by molar-refractivity contribution is 5.69. The Morgan fingerprint density at radius 1 is 0.405 bits per heavy atom. The molecule has 0 aliphatic rings. The molecule has 0 aromatic heterocycles. The molecule has 0 radical (unpaired) electrons. The number of hydrogen-bond acceptors (Lipinski definition) is 2. The molecule has 0 bridgehead atoms. The van der Waals surface area contributed by atoms with Gasteiger partial charge in [0.2, 0.25) is 0 Å². The van der Waals surface area contributed by atoms with E-state index in [0.717, 1.165) is 25.7 Å². The van der Waals surface area contributed by atoms with Crippen LogP contribution in [0.15, 0.2) is 48.6 Å². The van der Waals surface area contributed by atoms with Gasteiger partial charge in [-0.15, -0.1) is 0 Å². The van der Waals surface area contributed by atoms with Gasteiger partial charge < -0.3 is 4.74 Å². The van der Waals surface area contributed by atoms with Crippen molar-refractivity contribution >= 4 is 5.97 Å². The van der Waals surface area contributed by atoms with E-state index >= 15 is 0 Å². The summed E-state index contributed by atoms with van der Waals surface area (Å²) in [5.74, 6) is 0.00163. The second-order valence-corrected chi connectivity index (χ2v) is 12.3. The minimum absolute atomic E-state index is 0.00163. The fourth-order valence-electron chi connectivity index (χ4n) is 5.18. The van der Waals surface area contributed by atoms with Gasteiger partial charge in [-0.1, -0.05) is 178 Å². The first-order valence-electron chi connectivity index (χ1n) is 18.6. The number of esters is 1. The van der Waals surface area contributed by atoms with E-state index in [9.17, 15) is 4.79 Å². The number of hydrogen-bond donors (Lipinski definition) is 0. The first kappa shape index (κ1) is 40.4. The Hall–Kier alpha value is -1.57. The molecule has 0 fully saturated rings. The van der Waals surface area contributed by atoms with Crippen molar-refractivity contribution in [2.75, 3.05) is 6.61 Å². The number of carbonyl (C=O) groups excluding carboxylic acids is 1. The van der Waals surface area contributed by atoms with Gasteiger partial charge in [-0.3, -0.25) is 4.79 Å². The van der Waals surface area contributed by atoms with Crippen LogP contribution in [-0.2, 0) is 9.53 Å². The van der Waals surface area contributed by atoms with Crippen LogP contribution >= 0.6 is 0 Å². The summed E-state index contributed by atoms with van der Waals surface area (Å²) in [5, 5.41) is 0. The maximum atomic E-state index is 11.9. The van der Waals surface area contributed by atoms with Gasteiger partial charge in [0, 0.05) is 6.42 Å². The highest BCUT2D eigenvalue weighted by atomic mass is 16.5. The second kappa shape index (κ2) is 37.5. The molecule has 0 aromatic carbocycles. The van der Waals surface area contributed by atoms with Gasteiger partial charge in [-0.2, -0.15) is 0 Å². The van der Waals surface area contributed by atoms with Crippen molar-refractivity contribution in [1.82, 2.24) is 0 Å². The van der Waals surface area contributed by atoms with E-state index < -0.39 is 0 Å². The van der Waals surface area contributed by atoms with Gasteiger partial charge in [-0.25, -0.2) is 0 Å². The van der Waals surface area contributed by atoms with E-state index in [1.807, 2.05) is 0 Å². The zero-order valence-corrected chi connectivity index (χ0v) is 28.4. The number of allylic oxidation sites excluding steroid dienone is 8. The van der Waals surface area contributed by atoms with Gasteiger partial charge in [0.1, 0.15) is 0 Å². The number of carbonyl (C=O) groups is 1. The lowest BCUT2D eigenvalue weighted by Crippen LogP contribution is -2.05. The molecule has 42 heavy (non-hydrogen) atoms. The maximum absolute atomic E-state index is 11.9. The summed E-state index contributed by atoms with van der Waals surface area (Å²) in [6.07, 6.45) is 53.2. The van der Waals surface area contributed by atoms with Crippen molar-refractivity contribution in [3.8, 4) is 0 Å². The molecule has 0 N–H and O–H groups in total. The normalized spacial score (nSPS) is 12.1. The summed E-state index contributed by atoms with van der Waals surface area (Å²) >= 11 is 0. The monoisotopic (exact) mass is 585 g/mol. The van der Waals surface area contributed by atoms with Gasteiger partial charge in [-0.05, 0) is 57.8 Å². The summed E-state index contributed by atoms with van der Waals surface area (Å²) in [7, 11) is 0. The molecule has 0 heterocycles. The Labute approximate surface area is 263 Å². The molecular weight excluding hydrogens is 512 g/mol. The molecule has 0 unspecified atom stereocenters. The Bertz CT molecular complexity index is 642. The molecular formula is C40H72O2. The van der Waals surface area contributed by atoms with E-state index in [0.29, 0.717) is 13.0 Å². The molecule has 0 aliphatic carbocycles. The van der Waals surface area contributed by atoms with Gasteiger partial charge >= 0.3 is 5.97 Å². The Balaban J connectivity index is 3.26. The first-order chi connectivity index (χ1) is 20.8. The predicted molar refractivity (Wildman–Crippen MR) is 188 cm³/mol. The smallest absolute Gasteiger partial charge is 0.305 e. The molecule has 0 amide bonds. The summed E-state index contributed by atoms with van der Waals surface area (Å²) in [6, 6.07) is 0. The number of rotatable bonds is 33. The Kier molecular flexibility index (Phi) is 36.1. The largest absolute Gasteiger partial charge is 0.466 e. The molecule has 0 atom stereocenters. The predicted octanol–water partition coefficient (Wildman–Crippen LogP) is 13.7. The van der Waals surface area contributed by atoms with E-state index in [1.54, 1.807) is 0 Å². The quantitative estimate of drug-likeness (QED) is 0.0332. The van der Waals surface area contributed by atoms with Crippen LogP contribution in [0.5, 0.6) is 0 Å². The molecule has 2 heteroatoms. The summed E-state index contributed by atoms with van der Waals surface area (Å²) < 4.78 is 5.43. The minimum Gasteiger partial charge on any atom is -0.466 e. The summed E-state index contributed by atoms with van der Waals surface area (Å²) in [6.45, 7) is 5.12. The third kappa shape index (κ3) is 36.5. The highest BCUT2D eigenvalue weighted by Gasteiger charge is 2.02. The lowest BCUT2D eigenvalue weighted by molar-refractivity contribution is -0.143. The van der Waals surface area contributed by atoms with Crippen molar-refractivity contribution in [3.63, 3.8) is 0 Å². The molecule has 0 spiro atoms. The van der Waals surface area contributed by atoms with Crippen molar-refractivity contribution < 1.29 is 9.53 Å². The molecule has 0 aromatic rings. The van der Waals surface area contributed by atoms with E-state index in [-0.39, 0.29) is 5.97 Å². The number of ether oxygens (including phenoxy) is 1. The van der Waals surface area contributed by atoms with E-state index in [2.05, 4.69) is 62.5 Å². The average molecular weight is 585 g/mol. The molecule has 0 saturated carbocycles. The van der Waals surface area contributed by atoms with Crippen molar-refractivity contribution in [2.24, 2.45) is 0 Å². The van der Waals surface area contributed by atoms with Gasteiger partial charge in [0.25, 0.3) is 0 Å². The van der Waals surface area contributed by atoms with Crippen LogP contribution in [0.1, 0.15) is 194 Å². The Morgan fingerprint density at radius 3 is 1.29 bits per heavy atom. The van der Waals surface area contributed by atoms with Gasteiger partial charge in [0.05, 0.1) is 6.61 Å². The standard InChI is InChI=1S/C40H72O2/c1-3-5-7-9-11-13-15-17-19-20-21-22-23-25-27-29-31-33-35-37-39-42-40(41)38-36-34-32-30-28-26-24-18-16-14-12-10-8-6-4-2/h10,12,14,16-19,24H,3-9,11,13,15,20-23,25-39H2,1-2H3/b12-10?,16-14?,19-17-,24-18?. The van der Waals surface area contributed by atoms with Crippen LogP contribution in [-0.4, -0.2) is 12.6 Å². The number of unbranched alkanes of at least 4 members (excludes halogenated alkanes) is 23. The maximum Gasteiger partial charge on any atom is 0.305 e. The fourth-order valence-corrected chi connectivity index (χ4v) is 5.18. The third-order valence-corrected chi connectivity index (χ3v) is 8.00. The van der Waals surface area contributed by atoms with Crippen LogP contribution in [0, 0.1) is 0 Å². The zero-order chi connectivity index (χ0) is 30.4. The molecule has 2 nitrogen and oxygen atoms in total. The fraction of sp³-hybridized carbons (Fsp3) is 0.775.